The maximum Gasteiger partial charge on any atom is 0.197 e. The van der Waals surface area contributed by atoms with Crippen molar-refractivity contribution >= 4 is 22.0 Å². The maximum atomic E-state index is 5.62. The minimum Gasteiger partial charge on any atom is -0.493 e. The van der Waals surface area contributed by atoms with Crippen molar-refractivity contribution in [2.75, 3.05) is 38.2 Å². The summed E-state index contributed by atoms with van der Waals surface area (Å²) in [6.07, 6.45) is 11.8. The van der Waals surface area contributed by atoms with Crippen molar-refractivity contribution in [2.24, 2.45) is 11.8 Å². The van der Waals surface area contributed by atoms with Gasteiger partial charge in [0, 0.05) is 49.5 Å². The van der Waals surface area contributed by atoms with E-state index >= 15 is 0 Å². The third-order valence-corrected chi connectivity index (χ3v) is 10.1. The Bertz CT molecular complexity index is 1470. The smallest absolute Gasteiger partial charge is 0.197 e. The van der Waals surface area contributed by atoms with E-state index in [-0.39, 0.29) is 5.92 Å². The zero-order chi connectivity index (χ0) is 27.4. The lowest BCUT2D eigenvalue weighted by molar-refractivity contribution is 0.155. The highest BCUT2D eigenvalue weighted by Crippen LogP contribution is 2.42. The van der Waals surface area contributed by atoms with Gasteiger partial charge in [0.1, 0.15) is 22.0 Å². The fourth-order valence-electron chi connectivity index (χ4n) is 6.33. The summed E-state index contributed by atoms with van der Waals surface area (Å²) in [6.45, 7) is 11.5. The van der Waals surface area contributed by atoms with Gasteiger partial charge >= 0.3 is 0 Å². The number of hydrogen-bond acceptors (Lipinski definition) is 8. The Morgan fingerprint density at radius 3 is 2.48 bits per heavy atom. The number of H-pyrrole nitrogens is 1. The largest absolute Gasteiger partial charge is 0.493 e. The van der Waals surface area contributed by atoms with Crippen LogP contribution in [-0.4, -0.2) is 74.0 Å². The number of ether oxygens (including phenoxy) is 1. The summed E-state index contributed by atoms with van der Waals surface area (Å²) in [5.41, 5.74) is 5.85. The summed E-state index contributed by atoms with van der Waals surface area (Å²) in [5.74, 6) is 2.88. The van der Waals surface area contributed by atoms with Crippen LogP contribution in [0.4, 0.5) is 5.00 Å². The standard InChI is InChI=1S/C30H40N8OS/c1-18(2)25-26(22-13-24(39-4)28-31-17-32-38(28)16-22)34-35-27(25)29-33-19(3)30(40-29)36-11-9-23(10-12-36)37(14-20-5-6-20)15-21-7-8-21/h13,16-18,20-21,23H,5-12,14-15H2,1-4H3,(H,34,35). The number of nitrogens with one attached hydrogen (secondary N) is 1. The third kappa shape index (κ3) is 5.00. The Morgan fingerprint density at radius 2 is 1.82 bits per heavy atom. The quantitative estimate of drug-likeness (QED) is 0.263. The number of anilines is 1. The fraction of sp³-hybridized carbons (Fsp3) is 0.600. The molecule has 1 aliphatic heterocycles. The third-order valence-electron chi connectivity index (χ3n) is 8.85. The number of hydrogen-bond donors (Lipinski definition) is 1. The second-order valence-corrected chi connectivity index (χ2v) is 13.3. The number of nitrogens with zero attached hydrogens (tertiary/aromatic N) is 7. The SMILES string of the molecule is COc1cc(-c2[nH]nc(-c3nc(C)c(N4CCC(N(CC5CC5)CC5CC5)CC4)s3)c2C(C)C)cn2ncnc12. The lowest BCUT2D eigenvalue weighted by Crippen LogP contribution is -2.46. The van der Waals surface area contributed by atoms with Crippen molar-refractivity contribution < 1.29 is 4.74 Å². The van der Waals surface area contributed by atoms with Crippen molar-refractivity contribution in [3.05, 3.63) is 29.8 Å². The van der Waals surface area contributed by atoms with E-state index in [9.17, 15) is 0 Å². The zero-order valence-electron chi connectivity index (χ0n) is 24.1. The number of fused-ring (bicyclic) bond motifs is 1. The number of methoxy groups -OCH3 is 1. The van der Waals surface area contributed by atoms with Crippen LogP contribution in [0.15, 0.2) is 18.6 Å². The van der Waals surface area contributed by atoms with Crippen LogP contribution < -0.4 is 9.64 Å². The summed E-state index contributed by atoms with van der Waals surface area (Å²) < 4.78 is 7.37. The van der Waals surface area contributed by atoms with Crippen LogP contribution in [0.3, 0.4) is 0 Å². The molecule has 3 fully saturated rings. The molecule has 1 saturated heterocycles. The van der Waals surface area contributed by atoms with Crippen LogP contribution in [0.2, 0.25) is 0 Å². The van der Waals surface area contributed by atoms with E-state index in [2.05, 4.69) is 45.8 Å². The van der Waals surface area contributed by atoms with Crippen LogP contribution >= 0.6 is 11.3 Å². The molecule has 7 rings (SSSR count). The second kappa shape index (κ2) is 10.4. The number of pyridine rings is 1. The normalized spacial score (nSPS) is 18.5. The molecule has 0 radical (unpaired) electrons. The highest BCUT2D eigenvalue weighted by Gasteiger charge is 2.34. The molecule has 1 N–H and O–H groups in total. The van der Waals surface area contributed by atoms with Crippen molar-refractivity contribution in [1.82, 2.24) is 34.7 Å². The first-order valence-electron chi connectivity index (χ1n) is 14.9. The summed E-state index contributed by atoms with van der Waals surface area (Å²) in [6, 6.07) is 2.75. The van der Waals surface area contributed by atoms with E-state index in [1.165, 1.54) is 56.6 Å². The molecule has 0 amide bonds. The Balaban J connectivity index is 1.13. The van der Waals surface area contributed by atoms with Gasteiger partial charge in [0.2, 0.25) is 0 Å². The molecule has 2 aliphatic carbocycles. The van der Waals surface area contributed by atoms with Gasteiger partial charge in [-0.05, 0) is 69.3 Å². The molecule has 10 heteroatoms. The molecule has 0 aromatic carbocycles. The minimum atomic E-state index is 0.258. The first-order valence-corrected chi connectivity index (χ1v) is 15.7. The fourth-order valence-corrected chi connectivity index (χ4v) is 7.46. The van der Waals surface area contributed by atoms with Gasteiger partial charge in [-0.3, -0.25) is 10.00 Å². The topological polar surface area (TPSA) is 87.5 Å². The Morgan fingerprint density at radius 1 is 1.10 bits per heavy atom. The maximum absolute atomic E-state index is 5.62. The molecule has 5 heterocycles. The van der Waals surface area contributed by atoms with Gasteiger partial charge in [0.15, 0.2) is 11.4 Å². The van der Waals surface area contributed by atoms with Gasteiger partial charge in [0.05, 0.1) is 18.5 Å². The van der Waals surface area contributed by atoms with Crippen molar-refractivity contribution in [2.45, 2.75) is 71.3 Å². The van der Waals surface area contributed by atoms with Gasteiger partial charge in [-0.2, -0.15) is 10.2 Å². The zero-order valence-corrected chi connectivity index (χ0v) is 24.9. The molecule has 4 aromatic rings. The van der Waals surface area contributed by atoms with Crippen LogP contribution in [-0.2, 0) is 0 Å². The van der Waals surface area contributed by atoms with E-state index in [0.717, 1.165) is 64.2 Å². The van der Waals surface area contributed by atoms with Gasteiger partial charge in [-0.1, -0.05) is 25.2 Å². The minimum absolute atomic E-state index is 0.258. The van der Waals surface area contributed by atoms with E-state index in [1.807, 2.05) is 12.3 Å². The Hall–Kier alpha value is -2.98. The highest BCUT2D eigenvalue weighted by atomic mass is 32.1. The number of piperidine rings is 1. The molecule has 0 unspecified atom stereocenters. The summed E-state index contributed by atoms with van der Waals surface area (Å²) in [5, 5.41) is 14.8. The monoisotopic (exact) mass is 560 g/mol. The van der Waals surface area contributed by atoms with Gasteiger partial charge in [-0.25, -0.2) is 14.5 Å². The first kappa shape index (κ1) is 26.0. The molecular weight excluding hydrogens is 520 g/mol. The number of aryl methyl sites for hydroxylation is 1. The van der Waals surface area contributed by atoms with Crippen LogP contribution in [0.25, 0.3) is 27.6 Å². The van der Waals surface area contributed by atoms with Crippen LogP contribution in [0.5, 0.6) is 5.75 Å². The molecule has 0 spiro atoms. The molecule has 2 saturated carbocycles. The molecule has 40 heavy (non-hydrogen) atoms. The van der Waals surface area contributed by atoms with Crippen LogP contribution in [0.1, 0.15) is 69.5 Å². The van der Waals surface area contributed by atoms with Gasteiger partial charge in [-0.15, -0.1) is 0 Å². The second-order valence-electron chi connectivity index (χ2n) is 12.3. The molecule has 4 aromatic heterocycles. The number of rotatable bonds is 10. The summed E-state index contributed by atoms with van der Waals surface area (Å²) >= 11 is 1.79. The first-order chi connectivity index (χ1) is 19.5. The lowest BCUT2D eigenvalue weighted by Gasteiger charge is -2.39. The predicted octanol–water partition coefficient (Wildman–Crippen LogP) is 5.77. The van der Waals surface area contributed by atoms with Crippen molar-refractivity contribution in [3.63, 3.8) is 0 Å². The van der Waals surface area contributed by atoms with Gasteiger partial charge in [0.25, 0.3) is 0 Å². The Labute approximate surface area is 240 Å². The number of thiazole rings is 1. The van der Waals surface area contributed by atoms with E-state index < -0.39 is 0 Å². The van der Waals surface area contributed by atoms with Crippen molar-refractivity contribution in [1.29, 1.82) is 0 Å². The average molecular weight is 561 g/mol. The van der Waals surface area contributed by atoms with Crippen LogP contribution in [0, 0.1) is 18.8 Å². The van der Waals surface area contributed by atoms with Gasteiger partial charge < -0.3 is 9.64 Å². The highest BCUT2D eigenvalue weighted by molar-refractivity contribution is 7.19. The molecular formula is C30H40N8OS. The predicted molar refractivity (Wildman–Crippen MR) is 159 cm³/mol. The summed E-state index contributed by atoms with van der Waals surface area (Å²) in [4.78, 5) is 14.8. The molecule has 0 bridgehead atoms. The molecule has 0 atom stereocenters. The Kier molecular flexibility index (Phi) is 6.78. The number of aromatic nitrogens is 6. The lowest BCUT2D eigenvalue weighted by atomic mass is 9.97. The summed E-state index contributed by atoms with van der Waals surface area (Å²) in [7, 11) is 1.66. The molecule has 212 valence electrons. The van der Waals surface area contributed by atoms with E-state index in [4.69, 9.17) is 14.8 Å². The van der Waals surface area contributed by atoms with Crippen molar-refractivity contribution in [3.8, 4) is 27.7 Å². The molecule has 9 nitrogen and oxygen atoms in total. The molecule has 3 aliphatic rings. The van der Waals surface area contributed by atoms with E-state index in [0.29, 0.717) is 11.4 Å². The average Bonchev–Trinajstić information content (AvgIpc) is 3.81. The number of aromatic amines is 1. The van der Waals surface area contributed by atoms with E-state index in [1.54, 1.807) is 29.3 Å².